The van der Waals surface area contributed by atoms with Crippen LogP contribution in [0.25, 0.3) is 38.5 Å². The maximum atomic E-state index is 11.7. The largest absolute Gasteiger partial charge is 0.369 e. The third-order valence-electron chi connectivity index (χ3n) is 5.73. The van der Waals surface area contributed by atoms with E-state index in [1.165, 1.54) is 18.4 Å². The van der Waals surface area contributed by atoms with Gasteiger partial charge in [0, 0.05) is 28.1 Å². The maximum absolute atomic E-state index is 11.7. The van der Waals surface area contributed by atoms with Crippen molar-refractivity contribution in [2.45, 2.75) is 32.1 Å². The van der Waals surface area contributed by atoms with E-state index in [1.807, 2.05) is 48.7 Å². The molecule has 5 rings (SSSR count). The van der Waals surface area contributed by atoms with E-state index >= 15 is 0 Å². The van der Waals surface area contributed by atoms with E-state index in [2.05, 4.69) is 27.3 Å². The summed E-state index contributed by atoms with van der Waals surface area (Å²) in [5.41, 5.74) is 12.1. The normalized spacial score (nSPS) is 14.1. The summed E-state index contributed by atoms with van der Waals surface area (Å²) in [6, 6.07) is 16.1. The van der Waals surface area contributed by atoms with Gasteiger partial charge in [-0.2, -0.15) is 5.10 Å². The van der Waals surface area contributed by atoms with E-state index in [4.69, 9.17) is 5.73 Å². The molecule has 0 spiro atoms. The number of benzene rings is 2. The van der Waals surface area contributed by atoms with Crippen LogP contribution in [0, 0.1) is 0 Å². The predicted molar refractivity (Wildman–Crippen MR) is 120 cm³/mol. The van der Waals surface area contributed by atoms with Gasteiger partial charge >= 0.3 is 0 Å². The third-order valence-corrected chi connectivity index (χ3v) is 5.73. The van der Waals surface area contributed by atoms with E-state index in [9.17, 15) is 4.79 Å². The minimum absolute atomic E-state index is 0.0403. The lowest BCUT2D eigenvalue weighted by atomic mass is 9.93. The van der Waals surface area contributed by atoms with Gasteiger partial charge in [-0.1, -0.05) is 42.5 Å². The van der Waals surface area contributed by atoms with Crippen LogP contribution in [0.3, 0.4) is 0 Å². The van der Waals surface area contributed by atoms with Crippen molar-refractivity contribution < 1.29 is 4.79 Å². The van der Waals surface area contributed by atoms with Crippen molar-refractivity contribution in [1.29, 1.82) is 0 Å². The second-order valence-electron chi connectivity index (χ2n) is 7.76. The summed E-state index contributed by atoms with van der Waals surface area (Å²) in [4.78, 5) is 16.3. The molecule has 1 amide bonds. The van der Waals surface area contributed by atoms with Crippen LogP contribution in [-0.4, -0.2) is 21.1 Å². The Morgan fingerprint density at radius 3 is 2.63 bits per heavy atom. The fourth-order valence-corrected chi connectivity index (χ4v) is 4.29. The molecule has 1 aliphatic carbocycles. The van der Waals surface area contributed by atoms with Crippen molar-refractivity contribution in [3.05, 3.63) is 72.1 Å². The molecule has 2 aromatic heterocycles. The highest BCUT2D eigenvalue weighted by atomic mass is 16.1. The highest BCUT2D eigenvalue weighted by Crippen LogP contribution is 2.36. The Morgan fingerprint density at radius 1 is 1.00 bits per heavy atom. The SMILES string of the molecule is NC(=O)Cc1nnc2c(ccc3ncc(C4=CCCCC4)c32)cc1-c1ccccc1. The molecule has 5 nitrogen and oxygen atoms in total. The number of hydrogen-bond acceptors (Lipinski definition) is 4. The number of carbonyl (C=O) groups excluding carboxylic acids is 1. The van der Waals surface area contributed by atoms with Crippen molar-refractivity contribution in [3.63, 3.8) is 0 Å². The van der Waals surface area contributed by atoms with Crippen LogP contribution in [0.1, 0.15) is 36.9 Å². The Kier molecular flexibility index (Phi) is 4.71. The van der Waals surface area contributed by atoms with Gasteiger partial charge in [0.2, 0.25) is 5.91 Å². The summed E-state index contributed by atoms with van der Waals surface area (Å²) < 4.78 is 0. The molecule has 0 radical (unpaired) electrons. The van der Waals surface area contributed by atoms with Gasteiger partial charge in [-0.15, -0.1) is 5.10 Å². The van der Waals surface area contributed by atoms with Crippen molar-refractivity contribution >= 4 is 33.3 Å². The number of rotatable bonds is 4. The molecule has 0 bridgehead atoms. The summed E-state index contributed by atoms with van der Waals surface area (Å²) in [5, 5.41) is 11.1. The Balaban J connectivity index is 1.81. The molecule has 0 unspecified atom stereocenters. The number of fused-ring (bicyclic) bond motifs is 3. The van der Waals surface area contributed by atoms with Gasteiger partial charge in [-0.25, -0.2) is 0 Å². The molecule has 30 heavy (non-hydrogen) atoms. The number of nitrogens with zero attached hydrogens (tertiary/aromatic N) is 3. The molecule has 0 aliphatic heterocycles. The Morgan fingerprint density at radius 2 is 1.87 bits per heavy atom. The van der Waals surface area contributed by atoms with Crippen LogP contribution in [0.5, 0.6) is 0 Å². The molecule has 0 fully saturated rings. The van der Waals surface area contributed by atoms with Crippen molar-refractivity contribution in [1.82, 2.24) is 15.2 Å². The van der Waals surface area contributed by atoms with Crippen molar-refractivity contribution in [3.8, 4) is 11.1 Å². The summed E-state index contributed by atoms with van der Waals surface area (Å²) in [6.07, 6.45) is 8.92. The molecule has 2 aromatic carbocycles. The van der Waals surface area contributed by atoms with Crippen LogP contribution in [-0.2, 0) is 11.2 Å². The lowest BCUT2D eigenvalue weighted by molar-refractivity contribution is -0.117. The van der Waals surface area contributed by atoms with Gasteiger partial charge < -0.3 is 5.73 Å². The van der Waals surface area contributed by atoms with Gasteiger partial charge in [-0.05, 0) is 49.0 Å². The van der Waals surface area contributed by atoms with E-state index < -0.39 is 5.91 Å². The Labute approximate surface area is 174 Å². The summed E-state index contributed by atoms with van der Waals surface area (Å²) in [5.74, 6) is -0.426. The standard InChI is InChI=1S/C25H22N4O/c26-23(30)14-22-19(16-7-3-1-4-8-16)13-18-11-12-21-24(25(18)29-28-22)20(15-27-21)17-9-5-2-6-10-17/h1,3-4,7-9,11-13,15H,2,5-6,10,14H2,(H2,26,30). The van der Waals surface area contributed by atoms with E-state index in [1.54, 1.807) is 0 Å². The predicted octanol–water partition coefficient (Wildman–Crippen LogP) is 4.83. The van der Waals surface area contributed by atoms with Gasteiger partial charge in [0.05, 0.1) is 17.6 Å². The van der Waals surface area contributed by atoms with Crippen LogP contribution < -0.4 is 5.73 Å². The van der Waals surface area contributed by atoms with Gasteiger partial charge in [0.1, 0.15) is 5.52 Å². The molecule has 4 aromatic rings. The molecular formula is C25H22N4O. The minimum Gasteiger partial charge on any atom is -0.369 e. The number of hydrogen-bond donors (Lipinski definition) is 1. The first-order chi connectivity index (χ1) is 14.7. The van der Waals surface area contributed by atoms with Gasteiger partial charge in [0.25, 0.3) is 0 Å². The fraction of sp³-hybridized carbons (Fsp3) is 0.200. The number of nitrogens with two attached hydrogens (primary N) is 1. The highest BCUT2D eigenvalue weighted by Gasteiger charge is 2.17. The average molecular weight is 394 g/mol. The van der Waals surface area contributed by atoms with Crippen LogP contribution >= 0.6 is 0 Å². The summed E-state index contributed by atoms with van der Waals surface area (Å²) in [6.45, 7) is 0. The van der Waals surface area contributed by atoms with Gasteiger partial charge in [-0.3, -0.25) is 9.78 Å². The molecular weight excluding hydrogens is 372 g/mol. The zero-order valence-corrected chi connectivity index (χ0v) is 16.6. The second kappa shape index (κ2) is 7.67. The molecule has 148 valence electrons. The number of amides is 1. The van der Waals surface area contributed by atoms with Crippen molar-refractivity contribution in [2.75, 3.05) is 0 Å². The number of aromatic nitrogens is 3. The first-order valence-corrected chi connectivity index (χ1v) is 10.3. The molecule has 0 saturated carbocycles. The number of carbonyl (C=O) groups is 1. The maximum Gasteiger partial charge on any atom is 0.223 e. The molecule has 0 saturated heterocycles. The molecule has 2 heterocycles. The average Bonchev–Trinajstić information content (AvgIpc) is 3.12. The minimum atomic E-state index is -0.426. The van der Waals surface area contributed by atoms with E-state index in [0.29, 0.717) is 5.69 Å². The summed E-state index contributed by atoms with van der Waals surface area (Å²) >= 11 is 0. The van der Waals surface area contributed by atoms with Crippen LogP contribution in [0.2, 0.25) is 0 Å². The number of allylic oxidation sites excluding steroid dienone is 2. The Hall–Kier alpha value is -3.60. The zero-order valence-electron chi connectivity index (χ0n) is 16.6. The van der Waals surface area contributed by atoms with Crippen LogP contribution in [0.4, 0.5) is 0 Å². The van der Waals surface area contributed by atoms with E-state index in [-0.39, 0.29) is 6.42 Å². The van der Waals surface area contributed by atoms with E-state index in [0.717, 1.165) is 51.3 Å². The highest BCUT2D eigenvalue weighted by molar-refractivity contribution is 6.10. The lowest BCUT2D eigenvalue weighted by Crippen LogP contribution is -2.15. The number of primary amides is 1. The zero-order chi connectivity index (χ0) is 20.5. The summed E-state index contributed by atoms with van der Waals surface area (Å²) in [7, 11) is 0. The molecule has 2 N–H and O–H groups in total. The lowest BCUT2D eigenvalue weighted by Gasteiger charge is -2.11. The monoisotopic (exact) mass is 394 g/mol. The second-order valence-corrected chi connectivity index (χ2v) is 7.76. The smallest absolute Gasteiger partial charge is 0.223 e. The van der Waals surface area contributed by atoms with Gasteiger partial charge in [0.15, 0.2) is 0 Å². The molecule has 0 atom stereocenters. The Bertz CT molecular complexity index is 1300. The third kappa shape index (κ3) is 3.32. The first kappa shape index (κ1) is 18.4. The van der Waals surface area contributed by atoms with Crippen molar-refractivity contribution in [2.24, 2.45) is 5.73 Å². The molecule has 5 heteroatoms. The fourth-order valence-electron chi connectivity index (χ4n) is 4.29. The van der Waals surface area contributed by atoms with Crippen LogP contribution in [0.15, 0.2) is 60.8 Å². The first-order valence-electron chi connectivity index (χ1n) is 10.3. The quantitative estimate of drug-likeness (QED) is 0.537. The topological polar surface area (TPSA) is 81.8 Å². The molecule has 1 aliphatic rings.